The van der Waals surface area contributed by atoms with Crippen LogP contribution in [-0.2, 0) is 21.2 Å². The molecule has 3 heterocycles. The van der Waals surface area contributed by atoms with Crippen molar-refractivity contribution < 1.29 is 13.2 Å². The molecule has 0 atom stereocenters. The first-order valence-electron chi connectivity index (χ1n) is 9.64. The minimum Gasteiger partial charge on any atom is -0.326 e. The number of sulfonamides is 1. The maximum Gasteiger partial charge on any atom is 0.259 e. The number of rotatable bonds is 5. The van der Waals surface area contributed by atoms with E-state index in [1.165, 1.54) is 15.6 Å². The summed E-state index contributed by atoms with van der Waals surface area (Å²) in [5.41, 5.74) is 1.95. The maximum atomic E-state index is 12.3. The van der Waals surface area contributed by atoms with Crippen molar-refractivity contribution in [2.45, 2.75) is 33.1 Å². The molecule has 1 aromatic carbocycles. The summed E-state index contributed by atoms with van der Waals surface area (Å²) in [7, 11) is -3.22. The van der Waals surface area contributed by atoms with Gasteiger partial charge in [-0.2, -0.15) is 0 Å². The van der Waals surface area contributed by atoms with Gasteiger partial charge in [-0.3, -0.25) is 13.9 Å². The molecule has 4 rings (SSSR count). The predicted octanol–water partition coefficient (Wildman–Crippen LogP) is 2.71. The number of aromatic amines is 1. The summed E-state index contributed by atoms with van der Waals surface area (Å²) in [6.07, 6.45) is 1.10. The third-order valence-corrected chi connectivity index (χ3v) is 8.19. The van der Waals surface area contributed by atoms with Gasteiger partial charge in [-0.05, 0) is 50.1 Å². The smallest absolute Gasteiger partial charge is 0.259 e. The molecule has 30 heavy (non-hydrogen) atoms. The van der Waals surface area contributed by atoms with Gasteiger partial charge in [0.2, 0.25) is 15.9 Å². The number of aryl methyl sites for hydroxylation is 3. The van der Waals surface area contributed by atoms with Crippen LogP contribution in [0.2, 0.25) is 0 Å². The molecule has 10 heteroatoms. The number of carbonyl (C=O) groups is 1. The van der Waals surface area contributed by atoms with Gasteiger partial charge in [0, 0.05) is 30.0 Å². The minimum absolute atomic E-state index is 0.165. The standard InChI is InChI=1S/C20H22N4O4S2/c1-12-13(2)29-20-18(12)19(26)22-16(23-20)8-9-17(25)21-14-4-6-15(7-5-14)24-10-3-11-30(24,27)28/h4-7H,3,8-11H2,1-2H3,(H,21,25)(H,22,23,26). The van der Waals surface area contributed by atoms with E-state index in [-0.39, 0.29) is 23.6 Å². The van der Waals surface area contributed by atoms with Gasteiger partial charge in [0.05, 0.1) is 16.8 Å². The lowest BCUT2D eigenvalue weighted by atomic mass is 10.2. The summed E-state index contributed by atoms with van der Waals surface area (Å²) >= 11 is 1.48. The Kier molecular flexibility index (Phi) is 5.37. The van der Waals surface area contributed by atoms with Gasteiger partial charge < -0.3 is 10.3 Å². The Morgan fingerprint density at radius 3 is 2.67 bits per heavy atom. The molecule has 0 spiro atoms. The quantitative estimate of drug-likeness (QED) is 0.626. The highest BCUT2D eigenvalue weighted by atomic mass is 32.2. The molecule has 3 aromatic rings. The molecule has 1 aliphatic rings. The highest BCUT2D eigenvalue weighted by molar-refractivity contribution is 7.93. The number of carbonyl (C=O) groups excluding carboxylic acids is 1. The van der Waals surface area contributed by atoms with E-state index in [0.717, 1.165) is 10.4 Å². The number of benzene rings is 1. The third-order valence-electron chi connectivity index (χ3n) is 5.22. The van der Waals surface area contributed by atoms with Crippen LogP contribution in [0.5, 0.6) is 0 Å². The van der Waals surface area contributed by atoms with E-state index < -0.39 is 10.0 Å². The van der Waals surface area contributed by atoms with Crippen LogP contribution < -0.4 is 15.2 Å². The van der Waals surface area contributed by atoms with Crippen LogP contribution in [0.25, 0.3) is 10.2 Å². The summed E-state index contributed by atoms with van der Waals surface area (Å²) in [6, 6.07) is 6.74. The first-order valence-corrected chi connectivity index (χ1v) is 12.1. The Morgan fingerprint density at radius 2 is 2.00 bits per heavy atom. The minimum atomic E-state index is -3.22. The Morgan fingerprint density at radius 1 is 1.27 bits per heavy atom. The van der Waals surface area contributed by atoms with Crippen molar-refractivity contribution in [1.82, 2.24) is 9.97 Å². The van der Waals surface area contributed by atoms with Crippen LogP contribution in [-0.4, -0.2) is 36.6 Å². The van der Waals surface area contributed by atoms with Crippen molar-refractivity contribution in [2.75, 3.05) is 21.9 Å². The van der Waals surface area contributed by atoms with Gasteiger partial charge in [0.1, 0.15) is 10.7 Å². The molecule has 8 nitrogen and oxygen atoms in total. The second-order valence-corrected chi connectivity index (χ2v) is 10.5. The van der Waals surface area contributed by atoms with Crippen LogP contribution >= 0.6 is 11.3 Å². The van der Waals surface area contributed by atoms with E-state index in [1.54, 1.807) is 24.3 Å². The molecule has 1 fully saturated rings. The number of H-pyrrole nitrogens is 1. The Bertz CT molecular complexity index is 1280. The number of hydrogen-bond donors (Lipinski definition) is 2. The molecule has 2 aromatic heterocycles. The number of nitrogens with one attached hydrogen (secondary N) is 2. The van der Waals surface area contributed by atoms with E-state index in [0.29, 0.717) is 46.8 Å². The molecule has 0 aliphatic carbocycles. The second kappa shape index (κ2) is 7.84. The summed E-state index contributed by atoms with van der Waals surface area (Å²) < 4.78 is 25.4. The molecular weight excluding hydrogens is 424 g/mol. The van der Waals surface area contributed by atoms with Crippen molar-refractivity contribution in [2.24, 2.45) is 0 Å². The summed E-state index contributed by atoms with van der Waals surface area (Å²) in [5.74, 6) is 0.439. The molecule has 0 radical (unpaired) electrons. The number of fused-ring (bicyclic) bond motifs is 1. The van der Waals surface area contributed by atoms with Crippen LogP contribution in [0, 0.1) is 13.8 Å². The van der Waals surface area contributed by atoms with Crippen molar-refractivity contribution in [1.29, 1.82) is 0 Å². The number of aromatic nitrogens is 2. The number of anilines is 2. The highest BCUT2D eigenvalue weighted by Gasteiger charge is 2.28. The van der Waals surface area contributed by atoms with Gasteiger partial charge in [0.25, 0.3) is 5.56 Å². The fraction of sp³-hybridized carbons (Fsp3) is 0.350. The normalized spacial score (nSPS) is 15.6. The molecule has 1 aliphatic heterocycles. The average molecular weight is 447 g/mol. The van der Waals surface area contributed by atoms with Gasteiger partial charge in [0.15, 0.2) is 0 Å². The van der Waals surface area contributed by atoms with Crippen LogP contribution in [0.4, 0.5) is 11.4 Å². The fourth-order valence-electron chi connectivity index (χ4n) is 3.51. The predicted molar refractivity (Wildman–Crippen MR) is 119 cm³/mol. The first-order chi connectivity index (χ1) is 14.2. The molecule has 1 saturated heterocycles. The second-order valence-electron chi connectivity index (χ2n) is 7.31. The molecular formula is C20H22N4O4S2. The van der Waals surface area contributed by atoms with E-state index in [4.69, 9.17) is 0 Å². The van der Waals surface area contributed by atoms with Crippen molar-refractivity contribution in [3.8, 4) is 0 Å². The van der Waals surface area contributed by atoms with Gasteiger partial charge in [-0.15, -0.1) is 11.3 Å². The molecule has 158 valence electrons. The van der Waals surface area contributed by atoms with Crippen LogP contribution in [0.3, 0.4) is 0 Å². The maximum absolute atomic E-state index is 12.3. The summed E-state index contributed by atoms with van der Waals surface area (Å²) in [5, 5.41) is 3.41. The largest absolute Gasteiger partial charge is 0.326 e. The zero-order valence-corrected chi connectivity index (χ0v) is 18.3. The van der Waals surface area contributed by atoms with E-state index in [2.05, 4.69) is 15.3 Å². The molecule has 0 bridgehead atoms. The molecule has 1 amide bonds. The number of thiophene rings is 1. The van der Waals surface area contributed by atoms with E-state index >= 15 is 0 Å². The van der Waals surface area contributed by atoms with Gasteiger partial charge in [-0.25, -0.2) is 13.4 Å². The monoisotopic (exact) mass is 446 g/mol. The molecule has 0 unspecified atom stereocenters. The SMILES string of the molecule is Cc1sc2nc(CCC(=O)Nc3ccc(N4CCCS4(=O)=O)cc3)[nH]c(=O)c2c1C. The molecule has 2 N–H and O–H groups in total. The Labute approximate surface area is 178 Å². The van der Waals surface area contributed by atoms with E-state index in [9.17, 15) is 18.0 Å². The lowest BCUT2D eigenvalue weighted by Gasteiger charge is -2.17. The lowest BCUT2D eigenvalue weighted by molar-refractivity contribution is -0.116. The zero-order chi connectivity index (χ0) is 21.5. The van der Waals surface area contributed by atoms with Crippen molar-refractivity contribution >= 4 is 48.9 Å². The Balaban J connectivity index is 1.39. The van der Waals surface area contributed by atoms with Crippen LogP contribution in [0.15, 0.2) is 29.1 Å². The summed E-state index contributed by atoms with van der Waals surface area (Å²) in [6.45, 7) is 4.34. The lowest BCUT2D eigenvalue weighted by Crippen LogP contribution is -2.25. The fourth-order valence-corrected chi connectivity index (χ4v) is 6.13. The van der Waals surface area contributed by atoms with Crippen LogP contribution in [0.1, 0.15) is 29.1 Å². The summed E-state index contributed by atoms with van der Waals surface area (Å²) in [4.78, 5) is 33.6. The number of hydrogen-bond acceptors (Lipinski definition) is 6. The van der Waals surface area contributed by atoms with E-state index in [1.807, 2.05) is 13.8 Å². The average Bonchev–Trinajstić information content (AvgIpc) is 3.19. The van der Waals surface area contributed by atoms with Gasteiger partial charge >= 0.3 is 0 Å². The van der Waals surface area contributed by atoms with Crippen molar-refractivity contribution in [3.05, 3.63) is 50.9 Å². The Hall–Kier alpha value is -2.72. The molecule has 0 saturated carbocycles. The topological polar surface area (TPSA) is 112 Å². The van der Waals surface area contributed by atoms with Crippen molar-refractivity contribution in [3.63, 3.8) is 0 Å². The first kappa shape index (κ1) is 20.5. The number of amides is 1. The van der Waals surface area contributed by atoms with Gasteiger partial charge in [-0.1, -0.05) is 0 Å². The number of nitrogens with zero attached hydrogens (tertiary/aromatic N) is 2. The zero-order valence-electron chi connectivity index (χ0n) is 16.7. The third kappa shape index (κ3) is 3.97. The highest BCUT2D eigenvalue weighted by Crippen LogP contribution is 2.26.